The van der Waals surface area contributed by atoms with Gasteiger partial charge in [-0.05, 0) is 29.2 Å². The molecule has 0 aliphatic carbocycles. The Morgan fingerprint density at radius 2 is 1.80 bits per heavy atom. The molecule has 0 aliphatic rings. The number of para-hydroxylation sites is 2. The van der Waals surface area contributed by atoms with Gasteiger partial charge in [0.15, 0.2) is 5.58 Å². The van der Waals surface area contributed by atoms with Gasteiger partial charge in [-0.15, -0.1) is 0 Å². The van der Waals surface area contributed by atoms with Crippen molar-refractivity contribution in [1.82, 2.24) is 4.98 Å². The first-order chi connectivity index (χ1) is 9.72. The summed E-state index contributed by atoms with van der Waals surface area (Å²) in [6, 6.07) is 17.0. The molecule has 3 nitrogen and oxygen atoms in total. The lowest BCUT2D eigenvalue weighted by Gasteiger charge is -2.07. The molecule has 0 atom stereocenters. The van der Waals surface area contributed by atoms with E-state index in [-0.39, 0.29) is 0 Å². The molecule has 20 heavy (non-hydrogen) atoms. The molecule has 3 rings (SSSR count). The van der Waals surface area contributed by atoms with E-state index >= 15 is 0 Å². The number of hydrogen-bond acceptors (Lipinski definition) is 3. The van der Waals surface area contributed by atoms with E-state index < -0.39 is 0 Å². The van der Waals surface area contributed by atoms with Gasteiger partial charge in [-0.1, -0.05) is 50.2 Å². The van der Waals surface area contributed by atoms with Crippen LogP contribution in [0, 0.1) is 0 Å². The summed E-state index contributed by atoms with van der Waals surface area (Å²) in [5, 5.41) is 3.22. The monoisotopic (exact) mass is 266 g/mol. The Morgan fingerprint density at radius 3 is 2.50 bits per heavy atom. The smallest absolute Gasteiger partial charge is 0.295 e. The van der Waals surface area contributed by atoms with Gasteiger partial charge in [-0.25, -0.2) is 0 Å². The second kappa shape index (κ2) is 5.37. The molecule has 0 radical (unpaired) electrons. The molecule has 0 bridgehead atoms. The van der Waals surface area contributed by atoms with Crippen LogP contribution in [-0.2, 0) is 6.54 Å². The van der Waals surface area contributed by atoms with Crippen molar-refractivity contribution in [2.75, 3.05) is 5.32 Å². The minimum atomic E-state index is 0.564. The maximum absolute atomic E-state index is 5.63. The van der Waals surface area contributed by atoms with Crippen LogP contribution < -0.4 is 5.32 Å². The number of nitrogens with zero attached hydrogens (tertiary/aromatic N) is 1. The molecular formula is C17H18N2O. The molecule has 0 fully saturated rings. The van der Waals surface area contributed by atoms with Crippen molar-refractivity contribution in [2.45, 2.75) is 26.3 Å². The lowest BCUT2D eigenvalue weighted by atomic mass is 10.0. The van der Waals surface area contributed by atoms with Gasteiger partial charge in [0.05, 0.1) is 0 Å². The van der Waals surface area contributed by atoms with Gasteiger partial charge in [-0.3, -0.25) is 0 Å². The number of fused-ring (bicyclic) bond motifs is 1. The molecule has 3 aromatic rings. The summed E-state index contributed by atoms with van der Waals surface area (Å²) in [6.45, 7) is 5.11. The number of rotatable bonds is 4. The molecule has 3 heteroatoms. The molecule has 0 aliphatic heterocycles. The van der Waals surface area contributed by atoms with Crippen LogP contribution in [0.3, 0.4) is 0 Å². The summed E-state index contributed by atoms with van der Waals surface area (Å²) in [5.41, 5.74) is 4.27. The van der Waals surface area contributed by atoms with Crippen molar-refractivity contribution < 1.29 is 4.42 Å². The van der Waals surface area contributed by atoms with Crippen molar-refractivity contribution in [3.63, 3.8) is 0 Å². The van der Waals surface area contributed by atoms with Crippen molar-refractivity contribution in [3.8, 4) is 0 Å². The SMILES string of the molecule is CC(C)c1ccc(CNc2nc3ccccc3o2)cc1. The van der Waals surface area contributed by atoms with E-state index in [2.05, 4.69) is 48.4 Å². The summed E-state index contributed by atoms with van der Waals surface area (Å²) >= 11 is 0. The van der Waals surface area contributed by atoms with Gasteiger partial charge in [0.1, 0.15) is 5.52 Å². The van der Waals surface area contributed by atoms with Gasteiger partial charge in [0, 0.05) is 6.54 Å². The molecule has 1 N–H and O–H groups in total. The zero-order valence-electron chi connectivity index (χ0n) is 11.8. The van der Waals surface area contributed by atoms with E-state index in [9.17, 15) is 0 Å². The molecule has 0 spiro atoms. The topological polar surface area (TPSA) is 38.1 Å². The third kappa shape index (κ3) is 2.67. The predicted molar refractivity (Wildman–Crippen MR) is 81.9 cm³/mol. The van der Waals surface area contributed by atoms with E-state index in [0.29, 0.717) is 18.5 Å². The quantitative estimate of drug-likeness (QED) is 0.752. The van der Waals surface area contributed by atoms with Gasteiger partial charge in [0.25, 0.3) is 6.01 Å². The fraction of sp³-hybridized carbons (Fsp3) is 0.235. The van der Waals surface area contributed by atoms with Crippen molar-refractivity contribution in [3.05, 3.63) is 59.7 Å². The first-order valence-electron chi connectivity index (χ1n) is 6.90. The average molecular weight is 266 g/mol. The molecule has 1 aromatic heterocycles. The van der Waals surface area contributed by atoms with Gasteiger partial charge >= 0.3 is 0 Å². The van der Waals surface area contributed by atoms with Crippen LogP contribution in [0.2, 0.25) is 0 Å². The van der Waals surface area contributed by atoms with Crippen molar-refractivity contribution >= 4 is 17.1 Å². The third-order valence-electron chi connectivity index (χ3n) is 3.38. The second-order valence-corrected chi connectivity index (χ2v) is 5.24. The zero-order chi connectivity index (χ0) is 13.9. The van der Waals surface area contributed by atoms with E-state index in [4.69, 9.17) is 4.42 Å². The number of benzene rings is 2. The zero-order valence-corrected chi connectivity index (χ0v) is 11.8. The highest BCUT2D eigenvalue weighted by Gasteiger charge is 2.04. The molecular weight excluding hydrogens is 248 g/mol. The highest BCUT2D eigenvalue weighted by atomic mass is 16.4. The molecule has 2 aromatic carbocycles. The average Bonchev–Trinajstić information content (AvgIpc) is 2.88. The van der Waals surface area contributed by atoms with Gasteiger partial charge < -0.3 is 9.73 Å². The summed E-state index contributed by atoms with van der Waals surface area (Å²) in [5.74, 6) is 0.564. The third-order valence-corrected chi connectivity index (χ3v) is 3.38. The summed E-state index contributed by atoms with van der Waals surface area (Å²) < 4.78 is 5.63. The molecule has 0 saturated carbocycles. The first-order valence-corrected chi connectivity index (χ1v) is 6.90. The number of oxazole rings is 1. The van der Waals surface area contributed by atoms with E-state index in [0.717, 1.165) is 11.1 Å². The van der Waals surface area contributed by atoms with E-state index in [1.54, 1.807) is 0 Å². The number of hydrogen-bond donors (Lipinski definition) is 1. The Labute approximate surface area is 118 Å². The van der Waals surface area contributed by atoms with Crippen LogP contribution in [0.1, 0.15) is 30.9 Å². The highest BCUT2D eigenvalue weighted by molar-refractivity contribution is 5.74. The molecule has 0 unspecified atom stereocenters. The molecule has 102 valence electrons. The second-order valence-electron chi connectivity index (χ2n) is 5.24. The summed E-state index contributed by atoms with van der Waals surface area (Å²) in [6.07, 6.45) is 0. The normalized spacial score (nSPS) is 11.2. The van der Waals surface area contributed by atoms with Crippen LogP contribution >= 0.6 is 0 Å². The first kappa shape index (κ1) is 12.7. The van der Waals surface area contributed by atoms with Crippen LogP contribution in [0.15, 0.2) is 52.9 Å². The van der Waals surface area contributed by atoms with Crippen LogP contribution in [0.25, 0.3) is 11.1 Å². The molecule has 1 heterocycles. The largest absolute Gasteiger partial charge is 0.424 e. The standard InChI is InChI=1S/C17H18N2O/c1-12(2)14-9-7-13(8-10-14)11-18-17-19-15-5-3-4-6-16(15)20-17/h3-10,12H,11H2,1-2H3,(H,18,19). The minimum Gasteiger partial charge on any atom is -0.424 e. The van der Waals surface area contributed by atoms with Crippen molar-refractivity contribution in [1.29, 1.82) is 0 Å². The van der Waals surface area contributed by atoms with Gasteiger partial charge in [0.2, 0.25) is 0 Å². The summed E-state index contributed by atoms with van der Waals surface area (Å²) in [7, 11) is 0. The fourth-order valence-electron chi connectivity index (χ4n) is 2.15. The lowest BCUT2D eigenvalue weighted by Crippen LogP contribution is -1.99. The minimum absolute atomic E-state index is 0.564. The Hall–Kier alpha value is -2.29. The molecule has 0 saturated heterocycles. The van der Waals surface area contributed by atoms with Crippen LogP contribution in [-0.4, -0.2) is 4.98 Å². The maximum atomic E-state index is 5.63. The van der Waals surface area contributed by atoms with E-state index in [1.165, 1.54) is 11.1 Å². The Balaban J connectivity index is 1.69. The number of anilines is 1. The Morgan fingerprint density at radius 1 is 1.05 bits per heavy atom. The molecule has 0 amide bonds. The maximum Gasteiger partial charge on any atom is 0.295 e. The summed E-state index contributed by atoms with van der Waals surface area (Å²) in [4.78, 5) is 4.40. The van der Waals surface area contributed by atoms with Crippen molar-refractivity contribution in [2.24, 2.45) is 0 Å². The Kier molecular flexibility index (Phi) is 3.42. The lowest BCUT2D eigenvalue weighted by molar-refractivity contribution is 0.614. The van der Waals surface area contributed by atoms with Gasteiger partial charge in [-0.2, -0.15) is 4.98 Å². The van der Waals surface area contributed by atoms with Crippen LogP contribution in [0.5, 0.6) is 0 Å². The highest BCUT2D eigenvalue weighted by Crippen LogP contribution is 2.19. The Bertz CT molecular complexity index is 665. The number of nitrogens with one attached hydrogen (secondary N) is 1. The number of aromatic nitrogens is 1. The fourth-order valence-corrected chi connectivity index (χ4v) is 2.15. The van der Waals surface area contributed by atoms with E-state index in [1.807, 2.05) is 24.3 Å². The van der Waals surface area contributed by atoms with Crippen LogP contribution in [0.4, 0.5) is 6.01 Å². The predicted octanol–water partition coefficient (Wildman–Crippen LogP) is 4.56.